The van der Waals surface area contributed by atoms with E-state index in [0.717, 1.165) is 17.7 Å². The lowest BCUT2D eigenvalue weighted by molar-refractivity contribution is -0.138. The first-order valence-corrected chi connectivity index (χ1v) is 14.4. The Labute approximate surface area is 227 Å². The van der Waals surface area contributed by atoms with Crippen LogP contribution in [0.2, 0.25) is 0 Å². The van der Waals surface area contributed by atoms with Crippen LogP contribution in [0, 0.1) is 5.92 Å². The van der Waals surface area contributed by atoms with Gasteiger partial charge in [0.2, 0.25) is 5.91 Å². The number of rotatable bonds is 15. The summed E-state index contributed by atoms with van der Waals surface area (Å²) in [6.07, 6.45) is 7.33. The summed E-state index contributed by atoms with van der Waals surface area (Å²) in [5.41, 5.74) is 0.428. The molecule has 1 aromatic rings. The summed E-state index contributed by atoms with van der Waals surface area (Å²) in [5, 5.41) is 20.9. The van der Waals surface area contributed by atoms with Crippen molar-refractivity contribution in [3.63, 3.8) is 0 Å². The van der Waals surface area contributed by atoms with Crippen LogP contribution in [0.1, 0.15) is 63.4 Å². The highest BCUT2D eigenvalue weighted by Crippen LogP contribution is 2.37. The minimum atomic E-state index is -4.76. The fourth-order valence-corrected chi connectivity index (χ4v) is 5.01. The third-order valence-electron chi connectivity index (χ3n) is 6.58. The fraction of sp³-hybridized carbons (Fsp3) is 0.600. The second kappa shape index (κ2) is 15.4. The van der Waals surface area contributed by atoms with Crippen LogP contribution in [0.15, 0.2) is 24.3 Å². The number of hydrogen-bond donors (Lipinski definition) is 5. The van der Waals surface area contributed by atoms with Gasteiger partial charge in [-0.1, -0.05) is 44.2 Å². The number of amides is 3. The number of urea groups is 1. The van der Waals surface area contributed by atoms with Crippen LogP contribution in [0.3, 0.4) is 0 Å². The first-order chi connectivity index (χ1) is 18.3. The lowest BCUT2D eigenvalue weighted by Crippen LogP contribution is -2.52. The molecular weight excluding hydrogens is 533 g/mol. The highest BCUT2D eigenvalue weighted by molar-refractivity contribution is 7.46. The number of aliphatic carboxylic acids is 2. The lowest BCUT2D eigenvalue weighted by atomic mass is 9.86. The molecule has 0 saturated heterocycles. The molecule has 218 valence electrons. The van der Waals surface area contributed by atoms with Gasteiger partial charge in [0.15, 0.2) is 0 Å². The van der Waals surface area contributed by atoms with E-state index in [1.807, 2.05) is 0 Å². The molecule has 5 N–H and O–H groups in total. The Hall–Kier alpha value is -3.15. The van der Waals surface area contributed by atoms with Crippen molar-refractivity contribution in [1.82, 2.24) is 15.1 Å². The highest BCUT2D eigenvalue weighted by Gasteiger charge is 2.28. The van der Waals surface area contributed by atoms with Crippen molar-refractivity contribution >= 4 is 31.7 Å². The summed E-state index contributed by atoms with van der Waals surface area (Å²) in [6.45, 7) is -0.453. The number of carboxylic acid groups (broad SMARTS) is 2. The first-order valence-electron chi connectivity index (χ1n) is 12.9. The average molecular weight is 572 g/mol. The van der Waals surface area contributed by atoms with Crippen molar-refractivity contribution in [3.05, 3.63) is 29.8 Å². The monoisotopic (exact) mass is 571 g/mol. The van der Waals surface area contributed by atoms with Gasteiger partial charge in [0.25, 0.3) is 0 Å². The van der Waals surface area contributed by atoms with E-state index in [-0.39, 0.29) is 25.1 Å². The number of carbonyl (C=O) groups is 4. The Morgan fingerprint density at radius 2 is 1.69 bits per heavy atom. The maximum absolute atomic E-state index is 13.1. The summed E-state index contributed by atoms with van der Waals surface area (Å²) in [6, 6.07) is 3.29. The van der Waals surface area contributed by atoms with Gasteiger partial charge >= 0.3 is 25.8 Å². The van der Waals surface area contributed by atoms with Crippen molar-refractivity contribution in [2.24, 2.45) is 5.92 Å². The van der Waals surface area contributed by atoms with Gasteiger partial charge in [-0.15, -0.1) is 0 Å². The van der Waals surface area contributed by atoms with Crippen LogP contribution in [-0.2, 0) is 25.5 Å². The lowest BCUT2D eigenvalue weighted by Gasteiger charge is -2.28. The van der Waals surface area contributed by atoms with E-state index >= 15 is 0 Å². The molecule has 0 bridgehead atoms. The van der Waals surface area contributed by atoms with E-state index in [9.17, 15) is 28.8 Å². The van der Waals surface area contributed by atoms with E-state index in [1.165, 1.54) is 61.3 Å². The first kappa shape index (κ1) is 32.1. The number of nitrogens with zero attached hydrogens (tertiary/aromatic N) is 2. The normalized spacial score (nSPS) is 14.7. The van der Waals surface area contributed by atoms with Crippen LogP contribution in [0.25, 0.3) is 0 Å². The molecule has 1 atom stereocenters. The van der Waals surface area contributed by atoms with Gasteiger partial charge in [0.1, 0.15) is 18.3 Å². The molecule has 39 heavy (non-hydrogen) atoms. The summed E-state index contributed by atoms with van der Waals surface area (Å²) in [7, 11) is -3.16. The van der Waals surface area contributed by atoms with Gasteiger partial charge in [0.05, 0.1) is 0 Å². The maximum Gasteiger partial charge on any atom is 0.524 e. The molecule has 0 heterocycles. The van der Waals surface area contributed by atoms with Crippen molar-refractivity contribution in [2.45, 2.75) is 70.4 Å². The largest absolute Gasteiger partial charge is 0.524 e. The van der Waals surface area contributed by atoms with Crippen molar-refractivity contribution < 1.29 is 48.3 Å². The van der Waals surface area contributed by atoms with Crippen LogP contribution >= 0.6 is 7.82 Å². The molecule has 1 aliphatic rings. The highest BCUT2D eigenvalue weighted by atomic mass is 31.2. The SMILES string of the molecule is CN(CCCC1CCCCC1)C(=O)C(CCC(=O)O)NC(=O)N(CC(=O)O)Cc1ccc(OP(=O)(O)O)cc1. The van der Waals surface area contributed by atoms with Gasteiger partial charge in [-0.3, -0.25) is 24.2 Å². The number of likely N-dealkylation sites (N-methyl/N-ethyl adjacent to an activating group) is 1. The molecule has 0 spiro atoms. The van der Waals surface area contributed by atoms with Crippen LogP contribution in [-0.4, -0.2) is 79.9 Å². The third-order valence-corrected chi connectivity index (χ3v) is 7.03. The zero-order valence-electron chi connectivity index (χ0n) is 22.0. The smallest absolute Gasteiger partial charge is 0.481 e. The second-order valence-corrected chi connectivity index (χ2v) is 11.0. The van der Waals surface area contributed by atoms with E-state index < -0.39 is 44.3 Å². The molecular formula is C25H38N3O10P. The predicted molar refractivity (Wildman–Crippen MR) is 140 cm³/mol. The van der Waals surface area contributed by atoms with Crippen molar-refractivity contribution in [3.8, 4) is 5.75 Å². The minimum Gasteiger partial charge on any atom is -0.481 e. The number of phosphoric ester groups is 1. The number of hydrogen-bond acceptors (Lipinski definition) is 6. The van der Waals surface area contributed by atoms with E-state index in [2.05, 4.69) is 9.84 Å². The van der Waals surface area contributed by atoms with E-state index in [1.54, 1.807) is 7.05 Å². The number of carbonyl (C=O) groups excluding carboxylic acids is 2. The molecule has 0 aromatic heterocycles. The number of nitrogens with one attached hydrogen (secondary N) is 1. The summed E-state index contributed by atoms with van der Waals surface area (Å²) >= 11 is 0. The Kier molecular flexibility index (Phi) is 12.7. The second-order valence-electron chi connectivity index (χ2n) is 9.82. The fourth-order valence-electron chi connectivity index (χ4n) is 4.61. The van der Waals surface area contributed by atoms with Crippen LogP contribution < -0.4 is 9.84 Å². The average Bonchev–Trinajstić information content (AvgIpc) is 2.86. The number of phosphoric acid groups is 1. The minimum absolute atomic E-state index is 0.118. The third kappa shape index (κ3) is 12.5. The molecule has 1 saturated carbocycles. The van der Waals surface area contributed by atoms with Crippen LogP contribution in [0.5, 0.6) is 5.75 Å². The van der Waals surface area contributed by atoms with E-state index in [0.29, 0.717) is 18.0 Å². The zero-order valence-corrected chi connectivity index (χ0v) is 22.9. The molecule has 14 heteroatoms. The molecule has 3 amide bonds. The Morgan fingerprint density at radius 3 is 2.26 bits per heavy atom. The number of benzene rings is 1. The Morgan fingerprint density at radius 1 is 1.05 bits per heavy atom. The standard InChI is InChI=1S/C25H38N3O10P/c1-27(15-5-8-18-6-3-2-4-7-18)24(33)21(13-14-22(29)30)26-25(34)28(17-23(31)32)16-19-9-11-20(12-10-19)38-39(35,36)37/h9-12,18,21H,2-8,13-17H2,1H3,(H,26,34)(H,29,30)(H,31,32)(H2,35,36,37). The molecule has 1 aromatic carbocycles. The molecule has 13 nitrogen and oxygen atoms in total. The molecule has 0 aliphatic heterocycles. The quantitative estimate of drug-likeness (QED) is 0.195. The molecule has 0 radical (unpaired) electrons. The van der Waals surface area contributed by atoms with Crippen molar-refractivity contribution in [2.75, 3.05) is 20.1 Å². The van der Waals surface area contributed by atoms with Gasteiger partial charge < -0.3 is 29.9 Å². The summed E-state index contributed by atoms with van der Waals surface area (Å²) < 4.78 is 15.5. The molecule has 2 rings (SSSR count). The Balaban J connectivity index is 2.05. The summed E-state index contributed by atoms with van der Waals surface area (Å²) in [4.78, 5) is 69.0. The van der Waals surface area contributed by atoms with Gasteiger partial charge in [-0.2, -0.15) is 0 Å². The molecule has 1 fully saturated rings. The van der Waals surface area contributed by atoms with E-state index in [4.69, 9.17) is 14.9 Å². The van der Waals surface area contributed by atoms with Crippen molar-refractivity contribution in [1.29, 1.82) is 0 Å². The molecule has 1 aliphatic carbocycles. The predicted octanol–water partition coefficient (Wildman–Crippen LogP) is 2.81. The van der Waals surface area contributed by atoms with Gasteiger partial charge in [-0.05, 0) is 42.9 Å². The topological polar surface area (TPSA) is 194 Å². The van der Waals surface area contributed by atoms with Crippen LogP contribution in [0.4, 0.5) is 4.79 Å². The Bertz CT molecular complexity index is 1020. The van der Waals surface area contributed by atoms with Gasteiger partial charge in [0, 0.05) is 26.6 Å². The summed E-state index contributed by atoms with van der Waals surface area (Å²) in [5.74, 6) is -2.37. The van der Waals surface area contributed by atoms with Gasteiger partial charge in [-0.25, -0.2) is 9.36 Å². The zero-order chi connectivity index (χ0) is 29.0. The number of carboxylic acids is 2. The maximum atomic E-state index is 13.1. The molecule has 1 unspecified atom stereocenters.